The summed E-state index contributed by atoms with van der Waals surface area (Å²) in [6.07, 6.45) is 2.94. The van der Waals surface area contributed by atoms with Gasteiger partial charge in [0.25, 0.3) is 0 Å². The molecule has 1 N–H and O–H groups in total. The molecule has 0 bridgehead atoms. The molecule has 2 saturated heterocycles. The molecule has 1 amide bonds. The second kappa shape index (κ2) is 10.2. The summed E-state index contributed by atoms with van der Waals surface area (Å²) in [5.41, 5.74) is 1.35. The molecule has 11 heteroatoms. The molecule has 0 aliphatic carbocycles. The monoisotopic (exact) mass is 464 g/mol. The molecule has 2 fully saturated rings. The van der Waals surface area contributed by atoms with Crippen molar-refractivity contribution in [1.29, 1.82) is 0 Å². The standard InChI is InChI=1S/C21H32N6O4S/c1-2-9-26-19-7-6-17(16-18(19)23-24-26)32(29,30)27-11-3-5-20(27)21(28)22-8-4-10-25-12-14-31-15-13-25/h6-7,16,20H,2-5,8-15H2,1H3,(H,22,28)/t20-/m1/s1. The van der Waals surface area contributed by atoms with Gasteiger partial charge in [-0.25, -0.2) is 13.1 Å². The van der Waals surface area contributed by atoms with E-state index in [0.717, 1.165) is 57.8 Å². The molecule has 0 saturated carbocycles. The molecule has 176 valence electrons. The Kier molecular flexibility index (Phi) is 7.39. The summed E-state index contributed by atoms with van der Waals surface area (Å²) in [6.45, 7) is 7.88. The predicted octanol–water partition coefficient (Wildman–Crippen LogP) is 0.833. The number of fused-ring (bicyclic) bond motifs is 1. The summed E-state index contributed by atoms with van der Waals surface area (Å²) >= 11 is 0. The van der Waals surface area contributed by atoms with Crippen LogP contribution >= 0.6 is 0 Å². The molecule has 32 heavy (non-hydrogen) atoms. The first kappa shape index (κ1) is 23.1. The highest BCUT2D eigenvalue weighted by molar-refractivity contribution is 7.89. The molecule has 2 aromatic rings. The maximum absolute atomic E-state index is 13.3. The highest BCUT2D eigenvalue weighted by Crippen LogP contribution is 2.28. The van der Waals surface area contributed by atoms with Crippen molar-refractivity contribution in [2.45, 2.75) is 50.1 Å². The van der Waals surface area contributed by atoms with E-state index >= 15 is 0 Å². The van der Waals surface area contributed by atoms with Gasteiger partial charge in [0.15, 0.2) is 0 Å². The predicted molar refractivity (Wildman–Crippen MR) is 120 cm³/mol. The largest absolute Gasteiger partial charge is 0.379 e. The average molecular weight is 465 g/mol. The number of benzene rings is 1. The van der Waals surface area contributed by atoms with Crippen LogP contribution in [0, 0.1) is 0 Å². The highest BCUT2D eigenvalue weighted by Gasteiger charge is 2.39. The van der Waals surface area contributed by atoms with Crippen LogP contribution in [0.3, 0.4) is 0 Å². The summed E-state index contributed by atoms with van der Waals surface area (Å²) in [4.78, 5) is 15.3. The van der Waals surface area contributed by atoms with Crippen molar-refractivity contribution < 1.29 is 17.9 Å². The molecule has 0 radical (unpaired) electrons. The van der Waals surface area contributed by atoms with Crippen molar-refractivity contribution in [1.82, 2.24) is 29.5 Å². The number of aryl methyl sites for hydroxylation is 1. The topological polar surface area (TPSA) is 110 Å². The number of nitrogens with one attached hydrogen (secondary N) is 1. The first-order chi connectivity index (χ1) is 15.5. The van der Waals surface area contributed by atoms with Gasteiger partial charge in [-0.3, -0.25) is 9.69 Å². The second-order valence-corrected chi connectivity index (χ2v) is 10.2. The summed E-state index contributed by atoms with van der Waals surface area (Å²) < 4.78 is 35.1. The van der Waals surface area contributed by atoms with Crippen molar-refractivity contribution in [2.24, 2.45) is 0 Å². The zero-order valence-corrected chi connectivity index (χ0v) is 19.4. The first-order valence-electron chi connectivity index (χ1n) is 11.4. The fourth-order valence-electron chi connectivity index (χ4n) is 4.37. The minimum atomic E-state index is -3.80. The number of amides is 1. The summed E-state index contributed by atoms with van der Waals surface area (Å²) in [7, 11) is -3.80. The molecule has 1 aromatic heterocycles. The Morgan fingerprint density at radius 1 is 1.22 bits per heavy atom. The Balaban J connectivity index is 1.39. The SMILES string of the molecule is CCCn1nnc2cc(S(=O)(=O)N3CCC[C@@H]3C(=O)NCCCN3CCOCC3)ccc21. The lowest BCUT2D eigenvalue weighted by atomic mass is 10.2. The molecule has 1 aromatic carbocycles. The van der Waals surface area contributed by atoms with E-state index in [9.17, 15) is 13.2 Å². The van der Waals surface area contributed by atoms with Gasteiger partial charge in [0.1, 0.15) is 11.6 Å². The van der Waals surface area contributed by atoms with Crippen LogP contribution in [-0.4, -0.2) is 90.5 Å². The third kappa shape index (κ3) is 4.95. The van der Waals surface area contributed by atoms with Crippen molar-refractivity contribution in [3.63, 3.8) is 0 Å². The lowest BCUT2D eigenvalue weighted by molar-refractivity contribution is -0.124. The van der Waals surface area contributed by atoms with Crippen LogP contribution in [-0.2, 0) is 26.1 Å². The molecular formula is C21H32N6O4S. The second-order valence-electron chi connectivity index (χ2n) is 8.34. The van der Waals surface area contributed by atoms with Crippen LogP contribution < -0.4 is 5.32 Å². The number of sulfonamides is 1. The summed E-state index contributed by atoms with van der Waals surface area (Å²) in [5, 5.41) is 11.2. The van der Waals surface area contributed by atoms with E-state index < -0.39 is 16.1 Å². The van der Waals surface area contributed by atoms with Gasteiger partial charge in [0.05, 0.1) is 23.6 Å². The minimum absolute atomic E-state index is 0.153. The molecule has 0 unspecified atom stereocenters. The maximum Gasteiger partial charge on any atom is 0.243 e. The Labute approximate surface area is 188 Å². The van der Waals surface area contributed by atoms with Crippen LogP contribution in [0.25, 0.3) is 11.0 Å². The third-order valence-corrected chi connectivity index (χ3v) is 7.99. The van der Waals surface area contributed by atoms with Crippen molar-refractivity contribution in [3.05, 3.63) is 18.2 Å². The Bertz CT molecular complexity index is 1030. The number of hydrogen-bond donors (Lipinski definition) is 1. The van der Waals surface area contributed by atoms with Gasteiger partial charge in [0.2, 0.25) is 15.9 Å². The Hall–Kier alpha value is -2.08. The molecule has 0 spiro atoms. The van der Waals surface area contributed by atoms with Crippen LogP contribution in [0.2, 0.25) is 0 Å². The zero-order chi connectivity index (χ0) is 22.6. The number of morpholine rings is 1. The molecule has 10 nitrogen and oxygen atoms in total. The number of ether oxygens (including phenoxy) is 1. The van der Waals surface area contributed by atoms with Gasteiger partial charge in [0, 0.05) is 32.7 Å². The Morgan fingerprint density at radius 2 is 2.03 bits per heavy atom. The summed E-state index contributed by atoms with van der Waals surface area (Å²) in [6, 6.07) is 4.21. The fourth-order valence-corrected chi connectivity index (χ4v) is 6.05. The number of hydrogen-bond acceptors (Lipinski definition) is 7. The molecule has 1 atom stereocenters. The van der Waals surface area contributed by atoms with Gasteiger partial charge in [-0.15, -0.1) is 5.10 Å². The van der Waals surface area contributed by atoms with E-state index in [-0.39, 0.29) is 10.8 Å². The normalized spacial score (nSPS) is 20.7. The third-order valence-electron chi connectivity index (χ3n) is 6.09. The zero-order valence-electron chi connectivity index (χ0n) is 18.6. The fraction of sp³-hybridized carbons (Fsp3) is 0.667. The van der Waals surface area contributed by atoms with E-state index in [4.69, 9.17) is 4.74 Å². The number of aromatic nitrogens is 3. The quantitative estimate of drug-likeness (QED) is 0.548. The van der Waals surface area contributed by atoms with E-state index in [0.29, 0.717) is 31.4 Å². The van der Waals surface area contributed by atoms with E-state index in [1.807, 2.05) is 6.92 Å². The van der Waals surface area contributed by atoms with E-state index in [1.165, 1.54) is 4.31 Å². The van der Waals surface area contributed by atoms with Crippen molar-refractivity contribution >= 4 is 27.0 Å². The smallest absolute Gasteiger partial charge is 0.243 e. The van der Waals surface area contributed by atoms with Gasteiger partial charge in [-0.1, -0.05) is 12.1 Å². The number of carbonyl (C=O) groups is 1. The van der Waals surface area contributed by atoms with Gasteiger partial charge in [-0.05, 0) is 50.4 Å². The first-order valence-corrected chi connectivity index (χ1v) is 12.9. The number of rotatable bonds is 9. The van der Waals surface area contributed by atoms with Crippen molar-refractivity contribution in [3.8, 4) is 0 Å². The van der Waals surface area contributed by atoms with Crippen LogP contribution in [0.5, 0.6) is 0 Å². The van der Waals surface area contributed by atoms with Crippen LogP contribution in [0.15, 0.2) is 23.1 Å². The van der Waals surface area contributed by atoms with Gasteiger partial charge in [-0.2, -0.15) is 4.31 Å². The van der Waals surface area contributed by atoms with E-state index in [1.54, 1.807) is 22.9 Å². The Morgan fingerprint density at radius 3 is 2.81 bits per heavy atom. The lowest BCUT2D eigenvalue weighted by Crippen LogP contribution is -2.46. The number of nitrogens with zero attached hydrogens (tertiary/aromatic N) is 5. The summed E-state index contributed by atoms with van der Waals surface area (Å²) in [5.74, 6) is -0.219. The van der Waals surface area contributed by atoms with Crippen molar-refractivity contribution in [2.75, 3.05) is 45.9 Å². The molecule has 3 heterocycles. The maximum atomic E-state index is 13.3. The van der Waals surface area contributed by atoms with Gasteiger partial charge < -0.3 is 10.1 Å². The van der Waals surface area contributed by atoms with Crippen LogP contribution in [0.4, 0.5) is 0 Å². The van der Waals surface area contributed by atoms with E-state index in [2.05, 4.69) is 20.5 Å². The average Bonchev–Trinajstić information content (AvgIpc) is 3.45. The molecule has 2 aliphatic heterocycles. The van der Waals surface area contributed by atoms with Gasteiger partial charge >= 0.3 is 0 Å². The number of carbonyl (C=O) groups excluding carboxylic acids is 1. The lowest BCUT2D eigenvalue weighted by Gasteiger charge is -2.27. The molecular weight excluding hydrogens is 432 g/mol. The molecule has 4 rings (SSSR count). The molecule has 2 aliphatic rings. The highest BCUT2D eigenvalue weighted by atomic mass is 32.2. The van der Waals surface area contributed by atoms with Crippen LogP contribution in [0.1, 0.15) is 32.6 Å². The minimum Gasteiger partial charge on any atom is -0.379 e.